The lowest BCUT2D eigenvalue weighted by molar-refractivity contribution is -0.118. The molecule has 0 radical (unpaired) electrons. The number of benzene rings is 2. The lowest BCUT2D eigenvalue weighted by atomic mass is 10.0. The van der Waals surface area contributed by atoms with Gasteiger partial charge in [0.05, 0.1) is 16.3 Å². The Morgan fingerprint density at radius 3 is 2.70 bits per heavy atom. The lowest BCUT2D eigenvalue weighted by Crippen LogP contribution is -2.45. The highest BCUT2D eigenvalue weighted by atomic mass is 35.5. The summed E-state index contributed by atoms with van der Waals surface area (Å²) in [6.07, 6.45) is 2.18. The van der Waals surface area contributed by atoms with E-state index in [9.17, 15) is 9.59 Å². The largest absolute Gasteiger partial charge is 0.361 e. The molecule has 1 unspecified atom stereocenters. The van der Waals surface area contributed by atoms with Gasteiger partial charge in [-0.3, -0.25) is 9.59 Å². The molecule has 152 valence electrons. The molecule has 0 saturated carbocycles. The van der Waals surface area contributed by atoms with Crippen LogP contribution in [0.2, 0.25) is 5.02 Å². The molecule has 4 aromatic rings. The number of anilines is 1. The number of carbonyl (C=O) groups excluding carboxylic acids is 2. The fourth-order valence-electron chi connectivity index (χ4n) is 3.21. The van der Waals surface area contributed by atoms with Crippen LogP contribution < -0.4 is 10.6 Å². The summed E-state index contributed by atoms with van der Waals surface area (Å²) in [6, 6.07) is 13.8. The number of nitrogens with one attached hydrogen (secondary N) is 3. The zero-order valence-corrected chi connectivity index (χ0v) is 17.7. The van der Waals surface area contributed by atoms with E-state index in [0.717, 1.165) is 22.2 Å². The van der Waals surface area contributed by atoms with Gasteiger partial charge in [-0.25, -0.2) is 4.98 Å². The number of thiazole rings is 1. The molecule has 0 spiro atoms. The van der Waals surface area contributed by atoms with Gasteiger partial charge in [0.15, 0.2) is 5.13 Å². The maximum Gasteiger partial charge on any atom is 0.253 e. The van der Waals surface area contributed by atoms with E-state index >= 15 is 0 Å². The Hall–Kier alpha value is -3.16. The van der Waals surface area contributed by atoms with Crippen molar-refractivity contribution in [2.75, 3.05) is 5.32 Å². The Kier molecular flexibility index (Phi) is 5.83. The van der Waals surface area contributed by atoms with E-state index < -0.39 is 11.9 Å². The number of aromatic nitrogens is 2. The van der Waals surface area contributed by atoms with Crippen molar-refractivity contribution >= 4 is 50.8 Å². The van der Waals surface area contributed by atoms with E-state index in [1.54, 1.807) is 24.3 Å². The third-order valence-electron chi connectivity index (χ3n) is 4.69. The van der Waals surface area contributed by atoms with Crippen LogP contribution in [0.1, 0.15) is 21.6 Å². The second kappa shape index (κ2) is 8.69. The van der Waals surface area contributed by atoms with Crippen molar-refractivity contribution in [3.05, 3.63) is 82.0 Å². The summed E-state index contributed by atoms with van der Waals surface area (Å²) in [6.45, 7) is 1.86. The van der Waals surface area contributed by atoms with Crippen LogP contribution in [0, 0.1) is 6.92 Å². The molecule has 0 aliphatic rings. The fourth-order valence-corrected chi connectivity index (χ4v) is 4.13. The third-order valence-corrected chi connectivity index (χ3v) is 5.89. The third kappa shape index (κ3) is 4.37. The molecule has 2 aromatic heterocycles. The first-order chi connectivity index (χ1) is 14.5. The van der Waals surface area contributed by atoms with Crippen LogP contribution in [0.5, 0.6) is 0 Å². The van der Waals surface area contributed by atoms with E-state index in [4.69, 9.17) is 11.6 Å². The molecule has 0 aliphatic carbocycles. The van der Waals surface area contributed by atoms with Gasteiger partial charge >= 0.3 is 0 Å². The first kappa shape index (κ1) is 20.1. The van der Waals surface area contributed by atoms with Crippen LogP contribution in [0.25, 0.3) is 10.9 Å². The van der Waals surface area contributed by atoms with Gasteiger partial charge in [-0.1, -0.05) is 41.9 Å². The summed E-state index contributed by atoms with van der Waals surface area (Å²) in [5.41, 5.74) is 3.05. The Bertz CT molecular complexity index is 1220. The van der Waals surface area contributed by atoms with Crippen molar-refractivity contribution in [1.29, 1.82) is 0 Å². The minimum absolute atomic E-state index is 0.316. The predicted molar refractivity (Wildman–Crippen MR) is 120 cm³/mol. The van der Waals surface area contributed by atoms with Crippen LogP contribution in [0.3, 0.4) is 0 Å². The quantitative estimate of drug-likeness (QED) is 0.412. The topological polar surface area (TPSA) is 86.9 Å². The summed E-state index contributed by atoms with van der Waals surface area (Å²) in [5, 5.41) is 9.32. The highest BCUT2D eigenvalue weighted by Crippen LogP contribution is 2.21. The summed E-state index contributed by atoms with van der Waals surface area (Å²) in [7, 11) is 0. The Labute approximate surface area is 182 Å². The molecule has 30 heavy (non-hydrogen) atoms. The Morgan fingerprint density at radius 2 is 1.93 bits per heavy atom. The lowest BCUT2D eigenvalue weighted by Gasteiger charge is -2.18. The molecule has 1 atom stereocenters. The molecule has 8 heteroatoms. The number of hydrogen-bond donors (Lipinski definition) is 3. The van der Waals surface area contributed by atoms with Gasteiger partial charge in [0.2, 0.25) is 5.91 Å². The number of aryl methyl sites for hydroxylation is 1. The second-order valence-corrected chi connectivity index (χ2v) is 8.12. The average molecular weight is 439 g/mol. The number of fused-ring (bicyclic) bond motifs is 1. The van der Waals surface area contributed by atoms with Gasteiger partial charge in [0.1, 0.15) is 6.04 Å². The van der Waals surface area contributed by atoms with Gasteiger partial charge in [-0.15, -0.1) is 11.3 Å². The first-order valence-corrected chi connectivity index (χ1v) is 10.6. The normalized spacial score (nSPS) is 11.9. The smallest absolute Gasteiger partial charge is 0.253 e. The SMILES string of the molecule is Cc1csc(NC(=O)C(Cc2c[nH]c3ccccc23)NC(=O)c2ccccc2Cl)n1. The molecule has 2 heterocycles. The molecule has 6 nitrogen and oxygen atoms in total. The van der Waals surface area contributed by atoms with Crippen molar-refractivity contribution in [1.82, 2.24) is 15.3 Å². The minimum Gasteiger partial charge on any atom is -0.361 e. The molecule has 0 aliphatic heterocycles. The number of aromatic amines is 1. The number of para-hydroxylation sites is 1. The molecule has 2 aromatic carbocycles. The van der Waals surface area contributed by atoms with Crippen LogP contribution >= 0.6 is 22.9 Å². The average Bonchev–Trinajstić information content (AvgIpc) is 3.33. The highest BCUT2D eigenvalue weighted by Gasteiger charge is 2.25. The van der Waals surface area contributed by atoms with Crippen molar-refractivity contribution in [3.63, 3.8) is 0 Å². The summed E-state index contributed by atoms with van der Waals surface area (Å²) < 4.78 is 0. The summed E-state index contributed by atoms with van der Waals surface area (Å²) >= 11 is 7.50. The summed E-state index contributed by atoms with van der Waals surface area (Å²) in [4.78, 5) is 33.3. The van der Waals surface area contributed by atoms with Crippen LogP contribution in [0.15, 0.2) is 60.1 Å². The summed E-state index contributed by atoms with van der Waals surface area (Å²) in [5.74, 6) is -0.744. The molecule has 0 saturated heterocycles. The fraction of sp³-hybridized carbons (Fsp3) is 0.136. The van der Waals surface area contributed by atoms with Crippen LogP contribution in [-0.4, -0.2) is 27.8 Å². The number of H-pyrrole nitrogens is 1. The molecular weight excluding hydrogens is 420 g/mol. The van der Waals surface area contributed by atoms with E-state index in [0.29, 0.717) is 22.1 Å². The van der Waals surface area contributed by atoms with Crippen molar-refractivity contribution < 1.29 is 9.59 Å². The van der Waals surface area contributed by atoms with Crippen LogP contribution in [-0.2, 0) is 11.2 Å². The number of hydrogen-bond acceptors (Lipinski definition) is 4. The number of carbonyl (C=O) groups is 2. The van der Waals surface area contributed by atoms with Gasteiger partial charge in [0, 0.05) is 28.9 Å². The first-order valence-electron chi connectivity index (χ1n) is 9.34. The van der Waals surface area contributed by atoms with Gasteiger partial charge < -0.3 is 15.6 Å². The second-order valence-electron chi connectivity index (χ2n) is 6.85. The van der Waals surface area contributed by atoms with E-state index in [1.807, 2.05) is 42.8 Å². The van der Waals surface area contributed by atoms with E-state index in [-0.39, 0.29) is 5.91 Å². The maximum absolute atomic E-state index is 13.0. The number of amides is 2. The van der Waals surface area contributed by atoms with Gasteiger partial charge in [0.25, 0.3) is 5.91 Å². The van der Waals surface area contributed by atoms with Crippen molar-refractivity contribution in [2.24, 2.45) is 0 Å². The van der Waals surface area contributed by atoms with Crippen LogP contribution in [0.4, 0.5) is 5.13 Å². The highest BCUT2D eigenvalue weighted by molar-refractivity contribution is 7.13. The predicted octanol–water partition coefficient (Wildman–Crippen LogP) is 4.57. The zero-order chi connectivity index (χ0) is 21.1. The minimum atomic E-state index is -0.808. The van der Waals surface area contributed by atoms with Crippen molar-refractivity contribution in [2.45, 2.75) is 19.4 Å². The van der Waals surface area contributed by atoms with E-state index in [1.165, 1.54) is 11.3 Å². The number of nitrogens with zero attached hydrogens (tertiary/aromatic N) is 1. The molecular formula is C22H19ClN4O2S. The molecule has 0 fully saturated rings. The standard InChI is InChI=1S/C22H19ClN4O2S/c1-13-12-30-22(25-13)27-21(29)19(26-20(28)16-7-2-4-8-17(16)23)10-14-11-24-18-9-5-3-6-15(14)18/h2-9,11-12,19,24H,10H2,1H3,(H,26,28)(H,25,27,29). The number of halogens is 1. The molecule has 2 amide bonds. The van der Waals surface area contributed by atoms with E-state index in [2.05, 4.69) is 20.6 Å². The molecule has 4 rings (SSSR count). The van der Waals surface area contributed by atoms with Gasteiger partial charge in [-0.05, 0) is 30.7 Å². The maximum atomic E-state index is 13.0. The Morgan fingerprint density at radius 1 is 1.17 bits per heavy atom. The molecule has 0 bridgehead atoms. The molecule has 3 N–H and O–H groups in total. The van der Waals surface area contributed by atoms with Crippen molar-refractivity contribution in [3.8, 4) is 0 Å². The zero-order valence-electron chi connectivity index (χ0n) is 16.1. The Balaban J connectivity index is 1.60. The van der Waals surface area contributed by atoms with Gasteiger partial charge in [-0.2, -0.15) is 0 Å². The number of rotatable bonds is 6. The monoisotopic (exact) mass is 438 g/mol.